The van der Waals surface area contributed by atoms with Gasteiger partial charge in [0.1, 0.15) is 0 Å². The van der Waals surface area contributed by atoms with Crippen molar-refractivity contribution in [2.45, 2.75) is 13.0 Å². The molecule has 1 amide bonds. The third-order valence-corrected chi connectivity index (χ3v) is 3.24. The highest BCUT2D eigenvalue weighted by Gasteiger charge is 2.34. The largest absolute Gasteiger partial charge is 0.467 e. The van der Waals surface area contributed by atoms with E-state index in [1.54, 1.807) is 6.07 Å². The fourth-order valence-electron chi connectivity index (χ4n) is 2.15. The third-order valence-electron chi connectivity index (χ3n) is 3.24. The van der Waals surface area contributed by atoms with Crippen LogP contribution in [0.25, 0.3) is 0 Å². The van der Waals surface area contributed by atoms with Crippen molar-refractivity contribution in [3.8, 4) is 0 Å². The van der Waals surface area contributed by atoms with Crippen LogP contribution in [-0.4, -0.2) is 49.7 Å². The predicted octanol–water partition coefficient (Wildman–Crippen LogP) is 1.01. The maximum Gasteiger partial charge on any atom is 0.331 e. The molecule has 0 radical (unpaired) electrons. The van der Waals surface area contributed by atoms with E-state index in [9.17, 15) is 9.59 Å². The average Bonchev–Trinajstić information content (AvgIpc) is 2.46. The van der Waals surface area contributed by atoms with Crippen LogP contribution in [0.2, 0.25) is 0 Å². The zero-order valence-electron chi connectivity index (χ0n) is 11.1. The molecule has 0 N–H and O–H groups in total. The highest BCUT2D eigenvalue weighted by molar-refractivity contribution is 5.98. The summed E-state index contributed by atoms with van der Waals surface area (Å²) in [5, 5.41) is 0. The molecule has 5 nitrogen and oxygen atoms in total. The zero-order chi connectivity index (χ0) is 13.8. The molecule has 1 aromatic rings. The number of esters is 1. The topological polar surface area (TPSA) is 55.8 Å². The van der Waals surface area contributed by atoms with Gasteiger partial charge >= 0.3 is 5.97 Å². The van der Waals surface area contributed by atoms with Gasteiger partial charge in [0.05, 0.1) is 20.3 Å². The molecule has 1 saturated heterocycles. The van der Waals surface area contributed by atoms with Crippen molar-refractivity contribution in [1.29, 1.82) is 0 Å². The molecule has 1 aliphatic heterocycles. The van der Waals surface area contributed by atoms with Crippen LogP contribution in [0.1, 0.15) is 15.9 Å². The molecule has 102 valence electrons. The van der Waals surface area contributed by atoms with E-state index in [0.717, 1.165) is 5.56 Å². The Morgan fingerprint density at radius 2 is 2.11 bits per heavy atom. The van der Waals surface area contributed by atoms with Gasteiger partial charge in [-0.2, -0.15) is 0 Å². The van der Waals surface area contributed by atoms with Gasteiger partial charge in [0.15, 0.2) is 6.04 Å². The maximum absolute atomic E-state index is 12.5. The number of carbonyl (C=O) groups is 2. The Morgan fingerprint density at radius 3 is 2.79 bits per heavy atom. The van der Waals surface area contributed by atoms with Crippen LogP contribution < -0.4 is 0 Å². The molecular weight excluding hydrogens is 246 g/mol. The van der Waals surface area contributed by atoms with Crippen LogP contribution in [0, 0.1) is 6.92 Å². The number of carbonyl (C=O) groups excluding carboxylic acids is 2. The SMILES string of the molecule is COC(=O)C1COCCN1C(=O)c1ccccc1C. The summed E-state index contributed by atoms with van der Waals surface area (Å²) in [5.74, 6) is -0.599. The number of ether oxygens (including phenoxy) is 2. The molecule has 1 atom stereocenters. The van der Waals surface area contributed by atoms with E-state index >= 15 is 0 Å². The second kappa shape index (κ2) is 5.84. The molecule has 0 bridgehead atoms. The second-order valence-electron chi connectivity index (χ2n) is 4.43. The van der Waals surface area contributed by atoms with Gasteiger partial charge < -0.3 is 14.4 Å². The summed E-state index contributed by atoms with van der Waals surface area (Å²) in [6.45, 7) is 2.89. The minimum Gasteiger partial charge on any atom is -0.467 e. The van der Waals surface area contributed by atoms with Gasteiger partial charge in [0, 0.05) is 12.1 Å². The molecule has 1 unspecified atom stereocenters. The van der Waals surface area contributed by atoms with Crippen molar-refractivity contribution in [2.24, 2.45) is 0 Å². The summed E-state index contributed by atoms with van der Waals surface area (Å²) < 4.78 is 9.98. The number of methoxy groups -OCH3 is 1. The van der Waals surface area contributed by atoms with Gasteiger partial charge in [-0.25, -0.2) is 4.79 Å². The zero-order valence-corrected chi connectivity index (χ0v) is 11.1. The first-order chi connectivity index (χ1) is 9.15. The Balaban J connectivity index is 2.25. The number of hydrogen-bond acceptors (Lipinski definition) is 4. The van der Waals surface area contributed by atoms with Gasteiger partial charge in [-0.15, -0.1) is 0 Å². The lowest BCUT2D eigenvalue weighted by Gasteiger charge is -2.34. The summed E-state index contributed by atoms with van der Waals surface area (Å²) in [4.78, 5) is 25.7. The average molecular weight is 263 g/mol. The predicted molar refractivity (Wildman–Crippen MR) is 68.8 cm³/mol. The van der Waals surface area contributed by atoms with Crippen molar-refractivity contribution in [3.63, 3.8) is 0 Å². The fourth-order valence-corrected chi connectivity index (χ4v) is 2.15. The molecule has 0 aromatic heterocycles. The first kappa shape index (κ1) is 13.5. The van der Waals surface area contributed by atoms with Crippen LogP contribution in [0.15, 0.2) is 24.3 Å². The van der Waals surface area contributed by atoms with Crippen LogP contribution in [0.3, 0.4) is 0 Å². The molecule has 19 heavy (non-hydrogen) atoms. The molecule has 1 heterocycles. The number of benzene rings is 1. The summed E-state index contributed by atoms with van der Waals surface area (Å²) >= 11 is 0. The summed E-state index contributed by atoms with van der Waals surface area (Å²) in [7, 11) is 1.31. The lowest BCUT2D eigenvalue weighted by Crippen LogP contribution is -2.53. The van der Waals surface area contributed by atoms with Gasteiger partial charge in [-0.3, -0.25) is 4.79 Å². The van der Waals surface area contributed by atoms with E-state index in [0.29, 0.717) is 18.7 Å². The van der Waals surface area contributed by atoms with Gasteiger partial charge in [0.25, 0.3) is 5.91 Å². The first-order valence-electron chi connectivity index (χ1n) is 6.17. The lowest BCUT2D eigenvalue weighted by atomic mass is 10.1. The number of morpholine rings is 1. The van der Waals surface area contributed by atoms with E-state index in [1.165, 1.54) is 12.0 Å². The Morgan fingerprint density at radius 1 is 1.37 bits per heavy atom. The van der Waals surface area contributed by atoms with Crippen molar-refractivity contribution in [2.75, 3.05) is 26.9 Å². The van der Waals surface area contributed by atoms with Crippen LogP contribution in [0.5, 0.6) is 0 Å². The van der Waals surface area contributed by atoms with Crippen LogP contribution in [0.4, 0.5) is 0 Å². The minimum absolute atomic E-state index is 0.156. The highest BCUT2D eigenvalue weighted by atomic mass is 16.5. The van der Waals surface area contributed by atoms with Crippen LogP contribution in [-0.2, 0) is 14.3 Å². The third kappa shape index (κ3) is 2.76. The van der Waals surface area contributed by atoms with Crippen LogP contribution >= 0.6 is 0 Å². The second-order valence-corrected chi connectivity index (χ2v) is 4.43. The van der Waals surface area contributed by atoms with Gasteiger partial charge in [0.2, 0.25) is 0 Å². The quantitative estimate of drug-likeness (QED) is 0.747. The normalized spacial score (nSPS) is 19.1. The standard InChI is InChI=1S/C14H17NO4/c1-10-5-3-4-6-11(10)13(16)15-7-8-19-9-12(15)14(17)18-2/h3-6,12H,7-9H2,1-2H3. The number of aryl methyl sites for hydroxylation is 1. The van der Waals surface area contributed by atoms with Crippen molar-refractivity contribution in [1.82, 2.24) is 4.90 Å². The van der Waals surface area contributed by atoms with Gasteiger partial charge in [-0.05, 0) is 18.6 Å². The first-order valence-corrected chi connectivity index (χ1v) is 6.17. The fraction of sp³-hybridized carbons (Fsp3) is 0.429. The Labute approximate surface area is 112 Å². The molecule has 0 spiro atoms. The van der Waals surface area contributed by atoms with E-state index in [4.69, 9.17) is 9.47 Å². The molecule has 0 aliphatic carbocycles. The summed E-state index contributed by atoms with van der Waals surface area (Å²) in [6.07, 6.45) is 0. The van der Waals surface area contributed by atoms with Crippen molar-refractivity contribution >= 4 is 11.9 Å². The number of rotatable bonds is 2. The molecular formula is C14H17NO4. The summed E-state index contributed by atoms with van der Waals surface area (Å²) in [5.41, 5.74) is 1.50. The van der Waals surface area contributed by atoms with Crippen molar-refractivity contribution < 1.29 is 19.1 Å². The van der Waals surface area contributed by atoms with E-state index in [1.807, 2.05) is 25.1 Å². The number of hydrogen-bond donors (Lipinski definition) is 0. The Hall–Kier alpha value is -1.88. The monoisotopic (exact) mass is 263 g/mol. The highest BCUT2D eigenvalue weighted by Crippen LogP contribution is 2.16. The molecule has 1 fully saturated rings. The Bertz CT molecular complexity index is 486. The summed E-state index contributed by atoms with van der Waals surface area (Å²) in [6, 6.07) is 6.67. The lowest BCUT2D eigenvalue weighted by molar-refractivity contribution is -0.151. The smallest absolute Gasteiger partial charge is 0.331 e. The van der Waals surface area contributed by atoms with Crippen molar-refractivity contribution in [3.05, 3.63) is 35.4 Å². The molecule has 1 aliphatic rings. The van der Waals surface area contributed by atoms with E-state index in [2.05, 4.69) is 0 Å². The minimum atomic E-state index is -0.661. The molecule has 5 heteroatoms. The van der Waals surface area contributed by atoms with E-state index in [-0.39, 0.29) is 12.5 Å². The Kier molecular flexibility index (Phi) is 4.16. The maximum atomic E-state index is 12.5. The molecule has 2 rings (SSSR count). The van der Waals surface area contributed by atoms with E-state index < -0.39 is 12.0 Å². The van der Waals surface area contributed by atoms with Gasteiger partial charge in [-0.1, -0.05) is 18.2 Å². The molecule has 0 saturated carbocycles. The molecule has 1 aromatic carbocycles. The number of nitrogens with zero attached hydrogens (tertiary/aromatic N) is 1. The number of amides is 1.